The normalized spacial score (nSPS) is 17.1. The summed E-state index contributed by atoms with van der Waals surface area (Å²) < 4.78 is 26.5. The summed E-state index contributed by atoms with van der Waals surface area (Å²) in [5, 5.41) is 13.0. The van der Waals surface area contributed by atoms with Gasteiger partial charge in [-0.15, -0.1) is 0 Å². The zero-order valence-electron chi connectivity index (χ0n) is 25.6. The molecule has 1 fully saturated rings. The lowest BCUT2D eigenvalue weighted by Gasteiger charge is -2.29. The third-order valence-corrected chi connectivity index (χ3v) is 9.23. The lowest BCUT2D eigenvalue weighted by molar-refractivity contribution is -0.135. The molecule has 1 aliphatic heterocycles. The molecule has 44 heavy (non-hydrogen) atoms. The van der Waals surface area contributed by atoms with Crippen molar-refractivity contribution in [3.05, 3.63) is 60.7 Å². The number of carbonyl (C=O) groups excluding carboxylic acids is 2. The predicted molar refractivity (Wildman–Crippen MR) is 174 cm³/mol. The minimum Gasteiger partial charge on any atom is -0.415 e. The van der Waals surface area contributed by atoms with Crippen molar-refractivity contribution in [2.24, 2.45) is 11.5 Å². The second-order valence-electron chi connectivity index (χ2n) is 10.8. The number of nitrogens with zero attached hydrogens (tertiary/aromatic N) is 1. The molecule has 2 aromatic carbocycles. The van der Waals surface area contributed by atoms with Crippen LogP contribution in [0.25, 0.3) is 0 Å². The monoisotopic (exact) mass is 631 g/mol. The van der Waals surface area contributed by atoms with Crippen LogP contribution in [0.4, 0.5) is 0 Å². The van der Waals surface area contributed by atoms with Crippen LogP contribution >= 0.6 is 7.60 Å². The van der Waals surface area contributed by atoms with Crippen LogP contribution in [0.2, 0.25) is 0 Å². The van der Waals surface area contributed by atoms with Crippen LogP contribution in [0.1, 0.15) is 38.5 Å². The van der Waals surface area contributed by atoms with Crippen LogP contribution in [0.3, 0.4) is 0 Å². The Hall–Kier alpha value is -2.99. The van der Waals surface area contributed by atoms with E-state index in [1.165, 1.54) is 0 Å². The molecule has 2 atom stereocenters. The number of amides is 2. The standard InChI is InChI=1S/C31H50N7O5P/c32-16-8-7-15-30(44(41,42-26-11-3-1-4-12-26)43-27-13-5-2-6-14-27)37-29(39)25-28(33)31(40)38-23-10-19-35-21-20-34-17-9-18-36-22-24-38/h1-6,11-14,28,30,34-36H,7-10,15-25,32-33H2,(H,37,39)/t28-,30?/m0/s1. The van der Waals surface area contributed by atoms with Gasteiger partial charge in [-0.3, -0.25) is 9.59 Å². The molecule has 1 heterocycles. The second kappa shape index (κ2) is 20.1. The highest BCUT2D eigenvalue weighted by Gasteiger charge is 2.40. The van der Waals surface area contributed by atoms with E-state index >= 15 is 0 Å². The molecule has 1 saturated heterocycles. The summed E-state index contributed by atoms with van der Waals surface area (Å²) in [5.41, 5.74) is 12.0. The summed E-state index contributed by atoms with van der Waals surface area (Å²) in [6.45, 7) is 6.42. The number of carbonyl (C=O) groups is 2. The molecule has 8 N–H and O–H groups in total. The van der Waals surface area contributed by atoms with Crippen molar-refractivity contribution in [3.8, 4) is 11.5 Å². The lowest BCUT2D eigenvalue weighted by Crippen LogP contribution is -2.49. The molecular formula is C31H50N7O5P. The van der Waals surface area contributed by atoms with Gasteiger partial charge in [-0.1, -0.05) is 36.4 Å². The Bertz CT molecular complexity index is 1090. The number of nitrogens with two attached hydrogens (primary N) is 2. The van der Waals surface area contributed by atoms with Gasteiger partial charge >= 0.3 is 7.60 Å². The highest BCUT2D eigenvalue weighted by atomic mass is 31.2. The third kappa shape index (κ3) is 12.9. The Morgan fingerprint density at radius 3 is 1.98 bits per heavy atom. The Morgan fingerprint density at radius 1 is 0.818 bits per heavy atom. The molecule has 12 nitrogen and oxygen atoms in total. The van der Waals surface area contributed by atoms with E-state index in [9.17, 15) is 14.2 Å². The Morgan fingerprint density at radius 2 is 1.39 bits per heavy atom. The van der Waals surface area contributed by atoms with Gasteiger partial charge in [0.05, 0.1) is 12.5 Å². The second-order valence-corrected chi connectivity index (χ2v) is 12.9. The molecule has 3 rings (SSSR count). The molecule has 244 valence electrons. The first kappa shape index (κ1) is 35.5. The summed E-state index contributed by atoms with van der Waals surface area (Å²) in [6.07, 6.45) is 3.03. The number of unbranched alkanes of at least 4 members (excludes halogenated alkanes) is 1. The van der Waals surface area contributed by atoms with Gasteiger partial charge in [-0.25, -0.2) is 4.57 Å². The van der Waals surface area contributed by atoms with Crippen molar-refractivity contribution in [3.63, 3.8) is 0 Å². The molecule has 0 spiro atoms. The predicted octanol–water partition coefficient (Wildman–Crippen LogP) is 2.02. The quantitative estimate of drug-likeness (QED) is 0.142. The van der Waals surface area contributed by atoms with Gasteiger partial charge in [-0.05, 0) is 82.5 Å². The van der Waals surface area contributed by atoms with Crippen molar-refractivity contribution in [2.75, 3.05) is 58.9 Å². The molecule has 0 aromatic heterocycles. The number of para-hydroxylation sites is 2. The van der Waals surface area contributed by atoms with E-state index in [-0.39, 0.29) is 12.3 Å². The van der Waals surface area contributed by atoms with Crippen LogP contribution < -0.4 is 41.8 Å². The largest absolute Gasteiger partial charge is 0.452 e. The highest BCUT2D eigenvalue weighted by molar-refractivity contribution is 7.55. The van der Waals surface area contributed by atoms with E-state index in [1.54, 1.807) is 53.4 Å². The molecule has 1 unspecified atom stereocenters. The minimum absolute atomic E-state index is 0.267. The van der Waals surface area contributed by atoms with Crippen LogP contribution in [0.5, 0.6) is 11.5 Å². The van der Waals surface area contributed by atoms with E-state index in [2.05, 4.69) is 21.3 Å². The van der Waals surface area contributed by atoms with Gasteiger partial charge in [0.25, 0.3) is 0 Å². The maximum atomic E-state index is 14.5. The topological polar surface area (TPSA) is 173 Å². The lowest BCUT2D eigenvalue weighted by atomic mass is 10.1. The summed E-state index contributed by atoms with van der Waals surface area (Å²) in [4.78, 5) is 28.5. The average Bonchev–Trinajstić information content (AvgIpc) is 3.02. The van der Waals surface area contributed by atoms with Crippen LogP contribution in [0, 0.1) is 0 Å². The highest BCUT2D eigenvalue weighted by Crippen LogP contribution is 2.53. The first-order valence-corrected chi connectivity index (χ1v) is 17.3. The molecule has 13 heteroatoms. The van der Waals surface area contributed by atoms with E-state index in [1.807, 2.05) is 12.1 Å². The van der Waals surface area contributed by atoms with E-state index in [0.717, 1.165) is 45.6 Å². The van der Waals surface area contributed by atoms with Crippen molar-refractivity contribution in [1.29, 1.82) is 0 Å². The SMILES string of the molecule is NCCCCC(NC(=O)C[C@H](N)C(=O)N1CCCNCCNCCCNCC1)P(=O)(Oc1ccccc1)Oc1ccccc1. The molecule has 0 bridgehead atoms. The van der Waals surface area contributed by atoms with Gasteiger partial charge in [-0.2, -0.15) is 0 Å². The molecule has 0 saturated carbocycles. The molecule has 1 aliphatic rings. The maximum Gasteiger partial charge on any atom is 0.452 e. The molecule has 0 radical (unpaired) electrons. The number of rotatable bonds is 13. The number of benzene rings is 2. The van der Waals surface area contributed by atoms with Crippen LogP contribution in [0.15, 0.2) is 60.7 Å². The van der Waals surface area contributed by atoms with Crippen LogP contribution in [-0.2, 0) is 14.2 Å². The Labute approximate surface area is 261 Å². The van der Waals surface area contributed by atoms with Crippen molar-refractivity contribution in [2.45, 2.75) is 50.3 Å². The Balaban J connectivity index is 1.71. The number of hydrogen-bond donors (Lipinski definition) is 6. The van der Waals surface area contributed by atoms with Gasteiger partial charge in [0.2, 0.25) is 11.8 Å². The summed E-state index contributed by atoms with van der Waals surface area (Å²) in [7, 11) is -4.02. The average molecular weight is 632 g/mol. The van der Waals surface area contributed by atoms with E-state index in [4.69, 9.17) is 20.5 Å². The van der Waals surface area contributed by atoms with Gasteiger partial charge in [0, 0.05) is 32.7 Å². The molecular weight excluding hydrogens is 581 g/mol. The number of hydrogen-bond acceptors (Lipinski definition) is 10. The summed E-state index contributed by atoms with van der Waals surface area (Å²) >= 11 is 0. The summed E-state index contributed by atoms with van der Waals surface area (Å²) in [6, 6.07) is 16.3. The van der Waals surface area contributed by atoms with E-state index < -0.39 is 25.3 Å². The van der Waals surface area contributed by atoms with Crippen molar-refractivity contribution >= 4 is 19.4 Å². The smallest absolute Gasteiger partial charge is 0.415 e. The first-order valence-electron chi connectivity index (χ1n) is 15.7. The van der Waals surface area contributed by atoms with Gasteiger partial charge in [0.1, 0.15) is 11.5 Å². The van der Waals surface area contributed by atoms with Gasteiger partial charge < -0.3 is 46.7 Å². The first-order chi connectivity index (χ1) is 21.4. The molecule has 2 aromatic rings. The third-order valence-electron chi connectivity index (χ3n) is 7.15. The zero-order valence-corrected chi connectivity index (χ0v) is 26.5. The fraction of sp³-hybridized carbons (Fsp3) is 0.548. The minimum atomic E-state index is -4.02. The fourth-order valence-electron chi connectivity index (χ4n) is 4.79. The Kier molecular flexibility index (Phi) is 16.2. The van der Waals surface area contributed by atoms with E-state index in [0.29, 0.717) is 56.9 Å². The maximum absolute atomic E-state index is 14.5. The fourth-order valence-corrected chi connectivity index (χ4v) is 6.72. The molecule has 2 amide bonds. The van der Waals surface area contributed by atoms with Gasteiger partial charge in [0.15, 0.2) is 5.78 Å². The number of nitrogens with one attached hydrogen (secondary N) is 4. The summed E-state index contributed by atoms with van der Waals surface area (Å²) in [5.74, 6) is -1.11. The van der Waals surface area contributed by atoms with Crippen molar-refractivity contribution < 1.29 is 23.2 Å². The molecule has 0 aliphatic carbocycles. The zero-order chi connectivity index (χ0) is 31.5. The van der Waals surface area contributed by atoms with Crippen molar-refractivity contribution in [1.82, 2.24) is 26.2 Å². The van der Waals surface area contributed by atoms with Crippen LogP contribution in [-0.4, -0.2) is 87.4 Å².